The predicted octanol–water partition coefficient (Wildman–Crippen LogP) is 2.93. The van der Waals surface area contributed by atoms with Gasteiger partial charge in [-0.25, -0.2) is 4.98 Å². The van der Waals surface area contributed by atoms with Crippen molar-refractivity contribution in [2.75, 3.05) is 12.8 Å². The van der Waals surface area contributed by atoms with Crippen LogP contribution in [0.15, 0.2) is 12.1 Å². The fourth-order valence-corrected chi connectivity index (χ4v) is 2.95. The van der Waals surface area contributed by atoms with E-state index >= 15 is 0 Å². The van der Waals surface area contributed by atoms with Crippen LogP contribution in [0.1, 0.15) is 25.9 Å². The van der Waals surface area contributed by atoms with E-state index in [9.17, 15) is 4.79 Å². The number of nitrogens with zero attached hydrogens (tertiary/aromatic N) is 1. The van der Waals surface area contributed by atoms with Gasteiger partial charge in [0.1, 0.15) is 5.75 Å². The summed E-state index contributed by atoms with van der Waals surface area (Å²) in [5, 5.41) is 4.14. The Kier molecular flexibility index (Phi) is 4.69. The number of nitrogens with one attached hydrogen (secondary N) is 1. The molecule has 2 aromatic rings. The lowest BCUT2D eigenvalue weighted by Crippen LogP contribution is -2.23. The smallest absolute Gasteiger partial charge is 0.255 e. The topological polar surface area (TPSA) is 77.2 Å². The summed E-state index contributed by atoms with van der Waals surface area (Å²) in [5.74, 6) is 0.130. The van der Waals surface area contributed by atoms with Gasteiger partial charge in [-0.15, -0.1) is 11.3 Å². The second-order valence-electron chi connectivity index (χ2n) is 4.50. The monoisotopic (exact) mass is 325 g/mol. The van der Waals surface area contributed by atoms with Crippen molar-refractivity contribution in [2.24, 2.45) is 0 Å². The molecule has 3 N–H and O–H groups in total. The molecule has 0 saturated carbocycles. The Hall–Kier alpha value is -1.79. The maximum Gasteiger partial charge on any atom is 0.255 e. The molecule has 112 valence electrons. The van der Waals surface area contributed by atoms with Crippen LogP contribution in [0.25, 0.3) is 0 Å². The van der Waals surface area contributed by atoms with Gasteiger partial charge in [0.25, 0.3) is 5.91 Å². The molecule has 0 saturated heterocycles. The normalized spacial score (nSPS) is 10.5. The fourth-order valence-electron chi connectivity index (χ4n) is 1.91. The number of carbonyl (C=O) groups excluding carboxylic acids is 1. The number of ether oxygens (including phenoxy) is 1. The SMILES string of the molecule is COc1cc(N)c(Cl)cc1C(=O)NCc1sc(C)nc1C. The summed E-state index contributed by atoms with van der Waals surface area (Å²) in [6, 6.07) is 3.05. The van der Waals surface area contributed by atoms with Crippen LogP contribution in [0.3, 0.4) is 0 Å². The highest BCUT2D eigenvalue weighted by Gasteiger charge is 2.15. The number of methoxy groups -OCH3 is 1. The van der Waals surface area contributed by atoms with Gasteiger partial charge in [0.2, 0.25) is 0 Å². The molecule has 1 aromatic carbocycles. The quantitative estimate of drug-likeness (QED) is 0.847. The second-order valence-corrected chi connectivity index (χ2v) is 6.19. The molecular formula is C14H16ClN3O2S. The van der Waals surface area contributed by atoms with E-state index in [0.29, 0.717) is 28.6 Å². The Labute approximate surface area is 132 Å². The molecule has 0 unspecified atom stereocenters. The number of hydrogen-bond acceptors (Lipinski definition) is 5. The van der Waals surface area contributed by atoms with Gasteiger partial charge in [0.05, 0.1) is 40.6 Å². The van der Waals surface area contributed by atoms with Crippen molar-refractivity contribution in [1.82, 2.24) is 10.3 Å². The Balaban J connectivity index is 2.17. The van der Waals surface area contributed by atoms with Crippen LogP contribution in [-0.2, 0) is 6.54 Å². The highest BCUT2D eigenvalue weighted by Crippen LogP contribution is 2.29. The maximum absolute atomic E-state index is 12.3. The first kappa shape index (κ1) is 15.6. The van der Waals surface area contributed by atoms with Gasteiger partial charge < -0.3 is 15.8 Å². The lowest BCUT2D eigenvalue weighted by molar-refractivity contribution is 0.0948. The molecule has 7 heteroatoms. The first-order valence-corrected chi connectivity index (χ1v) is 7.46. The molecule has 2 rings (SSSR count). The number of aryl methyl sites for hydroxylation is 2. The molecule has 0 bridgehead atoms. The number of rotatable bonds is 4. The third-order valence-electron chi connectivity index (χ3n) is 2.97. The zero-order valence-corrected chi connectivity index (χ0v) is 13.6. The van der Waals surface area contributed by atoms with Crippen molar-refractivity contribution < 1.29 is 9.53 Å². The van der Waals surface area contributed by atoms with Gasteiger partial charge in [-0.05, 0) is 19.9 Å². The summed E-state index contributed by atoms with van der Waals surface area (Å²) < 4.78 is 5.17. The summed E-state index contributed by atoms with van der Waals surface area (Å²) in [7, 11) is 1.48. The van der Waals surface area contributed by atoms with E-state index in [1.807, 2.05) is 13.8 Å². The third kappa shape index (κ3) is 3.46. The summed E-state index contributed by atoms with van der Waals surface area (Å²) in [4.78, 5) is 17.6. The molecule has 1 heterocycles. The number of nitrogens with two attached hydrogens (primary N) is 1. The number of hydrogen-bond donors (Lipinski definition) is 2. The van der Waals surface area contributed by atoms with Crippen molar-refractivity contribution in [3.8, 4) is 5.75 Å². The van der Waals surface area contributed by atoms with E-state index in [1.54, 1.807) is 17.4 Å². The number of amides is 1. The van der Waals surface area contributed by atoms with E-state index in [-0.39, 0.29) is 5.91 Å². The first-order valence-electron chi connectivity index (χ1n) is 6.26. The highest BCUT2D eigenvalue weighted by molar-refractivity contribution is 7.11. The maximum atomic E-state index is 12.3. The van der Waals surface area contributed by atoms with Crippen LogP contribution >= 0.6 is 22.9 Å². The van der Waals surface area contributed by atoms with E-state index in [4.69, 9.17) is 22.1 Å². The summed E-state index contributed by atoms with van der Waals surface area (Å²) in [5.41, 5.74) is 7.36. The van der Waals surface area contributed by atoms with Crippen LogP contribution in [0.5, 0.6) is 5.75 Å². The number of carbonyl (C=O) groups is 1. The average Bonchev–Trinajstić information content (AvgIpc) is 2.76. The predicted molar refractivity (Wildman–Crippen MR) is 85.2 cm³/mol. The Bertz CT molecular complexity index is 685. The minimum Gasteiger partial charge on any atom is -0.496 e. The van der Waals surface area contributed by atoms with Gasteiger partial charge in [-0.1, -0.05) is 11.6 Å². The molecule has 0 aliphatic rings. The van der Waals surface area contributed by atoms with Gasteiger partial charge >= 0.3 is 0 Å². The molecule has 0 atom stereocenters. The molecule has 0 fully saturated rings. The van der Waals surface area contributed by atoms with Crippen molar-refractivity contribution in [3.63, 3.8) is 0 Å². The standard InChI is InChI=1S/C14H16ClN3O2S/c1-7-13(21-8(2)18-7)6-17-14(19)9-4-10(15)11(16)5-12(9)20-3/h4-5H,6,16H2,1-3H3,(H,17,19). The second kappa shape index (κ2) is 6.32. The molecule has 0 spiro atoms. The molecular weight excluding hydrogens is 310 g/mol. The van der Waals surface area contributed by atoms with Gasteiger partial charge in [0.15, 0.2) is 0 Å². The van der Waals surface area contributed by atoms with E-state index in [1.165, 1.54) is 13.2 Å². The average molecular weight is 326 g/mol. The first-order chi connectivity index (χ1) is 9.92. The van der Waals surface area contributed by atoms with Crippen LogP contribution in [0.2, 0.25) is 5.02 Å². The minimum absolute atomic E-state index is 0.265. The fraction of sp³-hybridized carbons (Fsp3) is 0.286. The van der Waals surface area contributed by atoms with Crippen LogP contribution < -0.4 is 15.8 Å². The Morgan fingerprint density at radius 2 is 2.19 bits per heavy atom. The summed E-state index contributed by atoms with van der Waals surface area (Å²) in [6.07, 6.45) is 0. The number of aromatic nitrogens is 1. The number of halogens is 1. The molecule has 1 amide bonds. The van der Waals surface area contributed by atoms with Crippen molar-refractivity contribution >= 4 is 34.5 Å². The van der Waals surface area contributed by atoms with Crippen LogP contribution in [0, 0.1) is 13.8 Å². The molecule has 5 nitrogen and oxygen atoms in total. The number of benzene rings is 1. The molecule has 0 aliphatic carbocycles. The number of thiazole rings is 1. The number of nitrogen functional groups attached to an aromatic ring is 1. The molecule has 21 heavy (non-hydrogen) atoms. The lowest BCUT2D eigenvalue weighted by atomic mass is 10.1. The van der Waals surface area contributed by atoms with E-state index in [0.717, 1.165) is 15.6 Å². The molecule has 0 aliphatic heterocycles. The van der Waals surface area contributed by atoms with Gasteiger partial charge in [-0.2, -0.15) is 0 Å². The van der Waals surface area contributed by atoms with Crippen molar-refractivity contribution in [2.45, 2.75) is 20.4 Å². The van der Waals surface area contributed by atoms with Crippen LogP contribution in [0.4, 0.5) is 5.69 Å². The molecule has 1 aromatic heterocycles. The summed E-state index contributed by atoms with van der Waals surface area (Å²) >= 11 is 7.53. The zero-order chi connectivity index (χ0) is 15.6. The number of anilines is 1. The summed E-state index contributed by atoms with van der Waals surface area (Å²) in [6.45, 7) is 4.28. The van der Waals surface area contributed by atoms with Gasteiger partial charge in [0, 0.05) is 10.9 Å². The van der Waals surface area contributed by atoms with E-state index in [2.05, 4.69) is 10.3 Å². The minimum atomic E-state index is -0.265. The largest absolute Gasteiger partial charge is 0.496 e. The van der Waals surface area contributed by atoms with Gasteiger partial charge in [-0.3, -0.25) is 4.79 Å². The Morgan fingerprint density at radius 1 is 1.48 bits per heavy atom. The Morgan fingerprint density at radius 3 is 2.76 bits per heavy atom. The lowest BCUT2D eigenvalue weighted by Gasteiger charge is -2.11. The third-order valence-corrected chi connectivity index (χ3v) is 4.37. The van der Waals surface area contributed by atoms with Crippen LogP contribution in [-0.4, -0.2) is 18.0 Å². The highest BCUT2D eigenvalue weighted by atomic mass is 35.5. The van der Waals surface area contributed by atoms with E-state index < -0.39 is 0 Å². The molecule has 0 radical (unpaired) electrons. The zero-order valence-electron chi connectivity index (χ0n) is 12.0. The van der Waals surface area contributed by atoms with Crippen molar-refractivity contribution in [1.29, 1.82) is 0 Å². The van der Waals surface area contributed by atoms with Crippen molar-refractivity contribution in [3.05, 3.63) is 38.3 Å².